The van der Waals surface area contributed by atoms with E-state index in [-0.39, 0.29) is 13.0 Å². The van der Waals surface area contributed by atoms with Crippen molar-refractivity contribution in [1.82, 2.24) is 20.1 Å². The van der Waals surface area contributed by atoms with Crippen LogP contribution in [-0.2, 0) is 22.6 Å². The molecule has 20 heavy (non-hydrogen) atoms. The fourth-order valence-corrected chi connectivity index (χ4v) is 1.75. The van der Waals surface area contributed by atoms with E-state index >= 15 is 0 Å². The molecule has 1 aromatic heterocycles. The van der Waals surface area contributed by atoms with Crippen LogP contribution in [0.4, 0.5) is 0 Å². The van der Waals surface area contributed by atoms with Gasteiger partial charge in [-0.3, -0.25) is 4.79 Å². The van der Waals surface area contributed by atoms with Crippen LogP contribution in [0, 0.1) is 0 Å². The summed E-state index contributed by atoms with van der Waals surface area (Å²) in [6.45, 7) is -0.0570. The van der Waals surface area contributed by atoms with Crippen molar-refractivity contribution < 1.29 is 14.7 Å². The maximum atomic E-state index is 11.8. The van der Waals surface area contributed by atoms with Crippen molar-refractivity contribution in [3.8, 4) is 0 Å². The number of aromatic nitrogens is 3. The third kappa shape index (κ3) is 3.91. The van der Waals surface area contributed by atoms with Gasteiger partial charge in [0.1, 0.15) is 25.2 Å². The fourth-order valence-electron chi connectivity index (χ4n) is 1.75. The molecule has 1 unspecified atom stereocenters. The molecule has 2 rings (SSSR count). The molecule has 2 N–H and O–H groups in total. The first-order valence-corrected chi connectivity index (χ1v) is 6.03. The second-order valence-corrected chi connectivity index (χ2v) is 4.24. The van der Waals surface area contributed by atoms with Crippen LogP contribution in [0.2, 0.25) is 0 Å². The van der Waals surface area contributed by atoms with Crippen LogP contribution in [0.1, 0.15) is 5.56 Å². The molecule has 0 radical (unpaired) electrons. The van der Waals surface area contributed by atoms with Crippen molar-refractivity contribution >= 4 is 11.9 Å². The normalized spacial score (nSPS) is 11.8. The minimum absolute atomic E-state index is 0.0570. The van der Waals surface area contributed by atoms with E-state index in [2.05, 4.69) is 15.4 Å². The van der Waals surface area contributed by atoms with E-state index in [9.17, 15) is 9.59 Å². The van der Waals surface area contributed by atoms with E-state index in [0.717, 1.165) is 5.56 Å². The Morgan fingerprint density at radius 3 is 2.65 bits per heavy atom. The van der Waals surface area contributed by atoms with Crippen molar-refractivity contribution in [3.63, 3.8) is 0 Å². The predicted molar refractivity (Wildman–Crippen MR) is 69.7 cm³/mol. The van der Waals surface area contributed by atoms with Gasteiger partial charge in [0.15, 0.2) is 0 Å². The molecule has 1 heterocycles. The summed E-state index contributed by atoms with van der Waals surface area (Å²) in [4.78, 5) is 26.7. The van der Waals surface area contributed by atoms with Crippen molar-refractivity contribution in [2.45, 2.75) is 19.0 Å². The van der Waals surface area contributed by atoms with Crippen molar-refractivity contribution in [2.24, 2.45) is 0 Å². The van der Waals surface area contributed by atoms with Gasteiger partial charge in [0.2, 0.25) is 5.91 Å². The average Bonchev–Trinajstić information content (AvgIpc) is 2.92. The maximum absolute atomic E-state index is 11.8. The predicted octanol–water partition coefficient (Wildman–Crippen LogP) is 0.0902. The molecule has 1 amide bonds. The van der Waals surface area contributed by atoms with Crippen LogP contribution >= 0.6 is 0 Å². The van der Waals surface area contributed by atoms with Crippen molar-refractivity contribution in [1.29, 1.82) is 0 Å². The van der Waals surface area contributed by atoms with Crippen molar-refractivity contribution in [3.05, 3.63) is 48.5 Å². The molecular formula is C13H14N4O3. The van der Waals surface area contributed by atoms with Gasteiger partial charge in [0, 0.05) is 6.42 Å². The Morgan fingerprint density at radius 1 is 1.30 bits per heavy atom. The molecule has 0 saturated carbocycles. The molecule has 104 valence electrons. The molecule has 1 atom stereocenters. The van der Waals surface area contributed by atoms with E-state index in [0.29, 0.717) is 0 Å². The zero-order chi connectivity index (χ0) is 14.4. The summed E-state index contributed by atoms with van der Waals surface area (Å²) in [6.07, 6.45) is 2.94. The smallest absolute Gasteiger partial charge is 0.326 e. The van der Waals surface area contributed by atoms with E-state index in [1.165, 1.54) is 17.3 Å². The van der Waals surface area contributed by atoms with Gasteiger partial charge in [-0.25, -0.2) is 14.5 Å². The highest BCUT2D eigenvalue weighted by molar-refractivity contribution is 5.83. The van der Waals surface area contributed by atoms with Crippen LogP contribution in [0.3, 0.4) is 0 Å². The Morgan fingerprint density at radius 2 is 2.05 bits per heavy atom. The van der Waals surface area contributed by atoms with Gasteiger partial charge in [-0.1, -0.05) is 30.3 Å². The van der Waals surface area contributed by atoms with E-state index in [4.69, 9.17) is 5.11 Å². The zero-order valence-corrected chi connectivity index (χ0v) is 10.6. The lowest BCUT2D eigenvalue weighted by molar-refractivity contribution is -0.141. The minimum Gasteiger partial charge on any atom is -0.480 e. The first kappa shape index (κ1) is 13.7. The van der Waals surface area contributed by atoms with Crippen LogP contribution in [0.15, 0.2) is 43.0 Å². The highest BCUT2D eigenvalue weighted by Gasteiger charge is 2.20. The average molecular weight is 274 g/mol. The molecule has 7 nitrogen and oxygen atoms in total. The standard InChI is InChI=1S/C13H14N4O3/c18-12(7-17-9-14-8-15-17)16-11(13(19)20)6-10-4-2-1-3-5-10/h1-5,8-9,11H,6-7H2,(H,16,18)(H,19,20). The third-order valence-corrected chi connectivity index (χ3v) is 2.69. The SMILES string of the molecule is O=C(Cn1cncn1)NC(Cc1ccccc1)C(=O)O. The number of hydrogen-bond acceptors (Lipinski definition) is 4. The van der Waals surface area contributed by atoms with Gasteiger partial charge < -0.3 is 10.4 Å². The number of benzene rings is 1. The number of carboxylic acids is 1. The lowest BCUT2D eigenvalue weighted by Gasteiger charge is -2.14. The van der Waals surface area contributed by atoms with Crippen LogP contribution in [0.5, 0.6) is 0 Å². The van der Waals surface area contributed by atoms with Gasteiger partial charge in [-0.05, 0) is 5.56 Å². The molecular weight excluding hydrogens is 260 g/mol. The number of carbonyl (C=O) groups is 2. The van der Waals surface area contributed by atoms with Crippen LogP contribution < -0.4 is 5.32 Å². The number of hydrogen-bond donors (Lipinski definition) is 2. The van der Waals surface area contributed by atoms with Crippen molar-refractivity contribution in [2.75, 3.05) is 0 Å². The fraction of sp³-hybridized carbons (Fsp3) is 0.231. The maximum Gasteiger partial charge on any atom is 0.326 e. The topological polar surface area (TPSA) is 97.1 Å². The molecule has 0 saturated heterocycles. The summed E-state index contributed by atoms with van der Waals surface area (Å²) in [5.74, 6) is -1.49. The van der Waals surface area contributed by atoms with Gasteiger partial charge in [-0.2, -0.15) is 5.10 Å². The van der Waals surface area contributed by atoms with Crippen LogP contribution in [0.25, 0.3) is 0 Å². The summed E-state index contributed by atoms with van der Waals surface area (Å²) in [5.41, 5.74) is 0.848. The molecule has 2 aromatic rings. The second kappa shape index (κ2) is 6.46. The monoisotopic (exact) mass is 274 g/mol. The van der Waals surface area contributed by atoms with E-state index < -0.39 is 17.9 Å². The Hall–Kier alpha value is -2.70. The largest absolute Gasteiger partial charge is 0.480 e. The number of nitrogens with zero attached hydrogens (tertiary/aromatic N) is 3. The summed E-state index contributed by atoms with van der Waals surface area (Å²) in [7, 11) is 0. The number of carbonyl (C=O) groups excluding carboxylic acids is 1. The summed E-state index contributed by atoms with van der Waals surface area (Å²) >= 11 is 0. The first-order valence-electron chi connectivity index (χ1n) is 6.03. The molecule has 1 aromatic carbocycles. The highest BCUT2D eigenvalue weighted by atomic mass is 16.4. The second-order valence-electron chi connectivity index (χ2n) is 4.24. The molecule has 0 fully saturated rings. The highest BCUT2D eigenvalue weighted by Crippen LogP contribution is 2.03. The summed E-state index contributed by atoms with van der Waals surface area (Å²) in [5, 5.41) is 15.4. The summed E-state index contributed by atoms with van der Waals surface area (Å²) in [6, 6.07) is 8.17. The molecule has 0 bridgehead atoms. The van der Waals surface area contributed by atoms with Crippen LogP contribution in [-0.4, -0.2) is 37.8 Å². The number of rotatable bonds is 6. The third-order valence-electron chi connectivity index (χ3n) is 2.69. The molecule has 0 aliphatic heterocycles. The Balaban J connectivity index is 1.95. The number of nitrogens with one attached hydrogen (secondary N) is 1. The molecule has 0 aliphatic rings. The van der Waals surface area contributed by atoms with Gasteiger partial charge in [0.05, 0.1) is 0 Å². The van der Waals surface area contributed by atoms with Gasteiger partial charge >= 0.3 is 5.97 Å². The quantitative estimate of drug-likeness (QED) is 0.778. The number of carboxylic acid groups (broad SMARTS) is 1. The van der Waals surface area contributed by atoms with E-state index in [1.54, 1.807) is 0 Å². The lowest BCUT2D eigenvalue weighted by atomic mass is 10.1. The molecule has 7 heteroatoms. The van der Waals surface area contributed by atoms with Gasteiger partial charge in [-0.15, -0.1) is 0 Å². The molecule has 0 aliphatic carbocycles. The Labute approximate surface area is 115 Å². The first-order chi connectivity index (χ1) is 9.65. The van der Waals surface area contributed by atoms with Gasteiger partial charge in [0.25, 0.3) is 0 Å². The number of amides is 1. The molecule has 0 spiro atoms. The zero-order valence-electron chi connectivity index (χ0n) is 10.6. The Kier molecular flexibility index (Phi) is 4.43. The summed E-state index contributed by atoms with van der Waals surface area (Å²) < 4.78 is 1.33. The lowest BCUT2D eigenvalue weighted by Crippen LogP contribution is -2.43. The van der Waals surface area contributed by atoms with E-state index in [1.807, 2.05) is 30.3 Å². The minimum atomic E-state index is -1.07. The number of aliphatic carboxylic acids is 1. The Bertz CT molecular complexity index is 569.